The molecule has 13 nitrogen and oxygen atoms in total. The van der Waals surface area contributed by atoms with Crippen LogP contribution in [0.1, 0.15) is 20.3 Å². The van der Waals surface area contributed by atoms with Gasteiger partial charge in [0.15, 0.2) is 11.5 Å². The molecule has 0 heterocycles. The number of halogens is 27. The van der Waals surface area contributed by atoms with Gasteiger partial charge in [0.25, 0.3) is 0 Å². The van der Waals surface area contributed by atoms with Crippen LogP contribution in [0.4, 0.5) is 123 Å². The second kappa shape index (κ2) is 22.6. The van der Waals surface area contributed by atoms with Crippen LogP contribution in [0.25, 0.3) is 0 Å². The van der Waals surface area contributed by atoms with Crippen molar-refractivity contribution in [2.24, 2.45) is 5.41 Å². The number of amides is 2. The molecule has 0 aliphatic carbocycles. The van der Waals surface area contributed by atoms with Crippen LogP contribution >= 0.6 is 0 Å². The van der Waals surface area contributed by atoms with Gasteiger partial charge in [-0.2, -0.15) is 119 Å². The minimum absolute atomic E-state index is 0.0333. The van der Waals surface area contributed by atoms with Crippen molar-refractivity contribution >= 4 is 35.9 Å². The van der Waals surface area contributed by atoms with Crippen LogP contribution in [0.3, 0.4) is 0 Å². The average molecular weight is 1190 g/mol. The highest BCUT2D eigenvalue weighted by Crippen LogP contribution is 2.69. The summed E-state index contributed by atoms with van der Waals surface area (Å²) in [6.07, 6.45) is -42.2. The fraction of sp³-hybridized carbons (Fsp3) is 0.622. The van der Waals surface area contributed by atoms with E-state index in [0.717, 1.165) is 5.32 Å². The molecule has 2 N–H and O–H groups in total. The fourth-order valence-corrected chi connectivity index (χ4v) is 5.40. The lowest BCUT2D eigenvalue weighted by molar-refractivity contribution is -0.454. The van der Waals surface area contributed by atoms with Gasteiger partial charge in [-0.3, -0.25) is 4.79 Å². The standard InChI is InChI=1S/C37H31F27N2O11/c1-7-17(67)73-12-23(5,13-74-18(68)8-2)65-21(71)25(27(40,41)30(46,47)33(52,53)36(59,60)61,28(42,43)31(48,49)34(54,55)37(62,63)64)11-16(26(38,39)29(44,45)32(50,51)35(56,57)58)77-22(72)66-24(6,14-75-19(69)9-3)15-76-20(70)10-4/h7-10,16H,1-4,11-15H2,5-6H3,(H,65,71)(H,66,72). The Hall–Kier alpha value is -6.31. The number of ether oxygens (including phenoxy) is 5. The third kappa shape index (κ3) is 13.2. The molecule has 77 heavy (non-hydrogen) atoms. The number of alkyl halides is 27. The van der Waals surface area contributed by atoms with Gasteiger partial charge in [0.2, 0.25) is 5.91 Å². The number of nitrogens with one attached hydrogen (secondary N) is 2. The Bertz CT molecular complexity index is 2140. The number of alkyl carbamates (subject to hydrolysis) is 1. The molecular formula is C37H31F27N2O11. The van der Waals surface area contributed by atoms with Crippen LogP contribution in [0.5, 0.6) is 0 Å². The first-order valence-electron chi connectivity index (χ1n) is 19.0. The summed E-state index contributed by atoms with van der Waals surface area (Å²) >= 11 is 0. The minimum atomic E-state index is -9.84. The van der Waals surface area contributed by atoms with Crippen molar-refractivity contribution in [3.63, 3.8) is 0 Å². The molecule has 0 rings (SSSR count). The molecule has 1 unspecified atom stereocenters. The fourth-order valence-electron chi connectivity index (χ4n) is 5.40. The van der Waals surface area contributed by atoms with Crippen LogP contribution in [0, 0.1) is 5.41 Å². The number of hydrogen-bond donors (Lipinski definition) is 2. The van der Waals surface area contributed by atoms with Gasteiger partial charge in [0.1, 0.15) is 37.5 Å². The Labute approximate surface area is 409 Å². The van der Waals surface area contributed by atoms with Crippen molar-refractivity contribution in [3.05, 3.63) is 50.6 Å². The molecule has 0 fully saturated rings. The summed E-state index contributed by atoms with van der Waals surface area (Å²) < 4.78 is 421. The second-order valence-corrected chi connectivity index (χ2v) is 15.7. The lowest BCUT2D eigenvalue weighted by Gasteiger charge is -2.52. The van der Waals surface area contributed by atoms with Gasteiger partial charge in [0.05, 0.1) is 0 Å². The maximum absolute atomic E-state index is 16.8. The van der Waals surface area contributed by atoms with E-state index in [1.54, 1.807) is 0 Å². The molecule has 0 spiro atoms. The van der Waals surface area contributed by atoms with Gasteiger partial charge in [-0.1, -0.05) is 26.3 Å². The number of carbonyl (C=O) groups excluding carboxylic acids is 6. The summed E-state index contributed by atoms with van der Waals surface area (Å²) in [5, 5.41) is 0.693. The zero-order valence-electron chi connectivity index (χ0n) is 37.4. The highest BCUT2D eigenvalue weighted by molar-refractivity contribution is 5.87. The lowest BCUT2D eigenvalue weighted by atomic mass is 9.63. The molecule has 0 aromatic rings. The van der Waals surface area contributed by atoms with Gasteiger partial charge in [0, 0.05) is 30.7 Å². The first-order valence-corrected chi connectivity index (χ1v) is 19.0. The maximum Gasteiger partial charge on any atom is 0.460 e. The van der Waals surface area contributed by atoms with Crippen molar-refractivity contribution in [3.8, 4) is 0 Å². The van der Waals surface area contributed by atoms with Gasteiger partial charge in [-0.15, -0.1) is 0 Å². The Balaban J connectivity index is 10.2. The molecule has 1 atom stereocenters. The van der Waals surface area contributed by atoms with Crippen molar-refractivity contribution in [2.45, 2.75) is 109 Å². The molecule has 40 heteroatoms. The highest BCUT2D eigenvalue weighted by Gasteiger charge is 2.97. The smallest absolute Gasteiger partial charge is 0.460 e. The Morgan fingerprint density at radius 3 is 0.883 bits per heavy atom. The lowest BCUT2D eigenvalue weighted by Crippen LogP contribution is -2.80. The summed E-state index contributed by atoms with van der Waals surface area (Å²) in [4.78, 5) is 74.2. The predicted octanol–water partition coefficient (Wildman–Crippen LogP) is 9.41. The molecule has 0 aliphatic heterocycles. The van der Waals surface area contributed by atoms with Gasteiger partial charge < -0.3 is 34.3 Å². The normalized spacial score (nSPS) is 14.8. The highest BCUT2D eigenvalue weighted by atomic mass is 19.4. The van der Waals surface area contributed by atoms with Crippen LogP contribution in [0.15, 0.2) is 50.6 Å². The number of carbonyl (C=O) groups is 6. The van der Waals surface area contributed by atoms with Gasteiger partial charge in [-0.25, -0.2) is 24.0 Å². The van der Waals surface area contributed by atoms with Gasteiger partial charge >= 0.3 is 102 Å². The zero-order chi connectivity index (χ0) is 61.9. The first kappa shape index (κ1) is 70.7. The Kier molecular flexibility index (Phi) is 20.7. The van der Waals surface area contributed by atoms with Crippen LogP contribution in [-0.2, 0) is 47.7 Å². The van der Waals surface area contributed by atoms with Gasteiger partial charge in [-0.05, 0) is 13.8 Å². The predicted molar refractivity (Wildman–Crippen MR) is 193 cm³/mol. The summed E-state index contributed by atoms with van der Waals surface area (Å²) in [6.45, 7) is 2.05. The van der Waals surface area contributed by atoms with E-state index >= 15 is 52.7 Å². The second-order valence-electron chi connectivity index (χ2n) is 15.7. The zero-order valence-corrected chi connectivity index (χ0v) is 37.4. The van der Waals surface area contributed by atoms with Crippen molar-refractivity contribution < 1.29 is 171 Å². The monoisotopic (exact) mass is 1190 g/mol. The largest absolute Gasteiger partial charge is 0.460 e. The van der Waals surface area contributed by atoms with Crippen LogP contribution in [-0.4, -0.2) is 151 Å². The average Bonchev–Trinajstić information content (AvgIpc) is 3.27. The van der Waals surface area contributed by atoms with Crippen molar-refractivity contribution in [1.82, 2.24) is 10.6 Å². The van der Waals surface area contributed by atoms with E-state index in [0.29, 0.717) is 0 Å². The van der Waals surface area contributed by atoms with E-state index in [2.05, 4.69) is 50.0 Å². The molecule has 0 aromatic heterocycles. The van der Waals surface area contributed by atoms with Crippen molar-refractivity contribution in [2.75, 3.05) is 26.4 Å². The molecule has 0 saturated heterocycles. The van der Waals surface area contributed by atoms with E-state index < -0.39 is 163 Å². The van der Waals surface area contributed by atoms with E-state index in [4.69, 9.17) is 0 Å². The summed E-state index contributed by atoms with van der Waals surface area (Å²) in [7, 11) is 0. The quantitative estimate of drug-likeness (QED) is 0.0347. The van der Waals surface area contributed by atoms with E-state index in [-0.39, 0.29) is 43.5 Å². The Morgan fingerprint density at radius 1 is 0.390 bits per heavy atom. The molecule has 2 amide bonds. The van der Waals surface area contributed by atoms with Crippen molar-refractivity contribution in [1.29, 1.82) is 0 Å². The first-order chi connectivity index (χ1) is 33.9. The topological polar surface area (TPSA) is 173 Å². The molecule has 0 aromatic carbocycles. The summed E-state index contributed by atoms with van der Waals surface area (Å²) in [5.74, 6) is -97.0. The third-order valence-corrected chi connectivity index (χ3v) is 9.68. The Morgan fingerprint density at radius 2 is 0.636 bits per heavy atom. The van der Waals surface area contributed by atoms with Crippen LogP contribution < -0.4 is 10.6 Å². The SMILES string of the molecule is C=CC(=O)OCC(C)(COC(=O)C=C)NC(=O)OC(CC(C(=O)NC(C)(COC(=O)C=C)COC(=O)C=C)(C(F)(F)C(F)(F)C(F)(F)C(F)(F)F)C(F)(F)C(F)(F)C(F)(F)C(F)(F)F)C(F)(F)C(F)(F)C(F)(F)C(F)(F)F. The number of esters is 4. The maximum atomic E-state index is 16.8. The van der Waals surface area contributed by atoms with E-state index in [1.807, 2.05) is 0 Å². The third-order valence-electron chi connectivity index (χ3n) is 9.68. The number of rotatable bonds is 27. The molecule has 0 radical (unpaired) electrons. The summed E-state index contributed by atoms with van der Waals surface area (Å²) in [6, 6.07) is 0. The number of hydrogen-bond acceptors (Lipinski definition) is 11. The molecule has 0 bridgehead atoms. The molecule has 0 aliphatic rings. The molecule has 444 valence electrons. The van der Waals surface area contributed by atoms with E-state index in [1.165, 1.54) is 0 Å². The minimum Gasteiger partial charge on any atom is -0.460 e. The molecular weight excluding hydrogens is 1160 g/mol. The van der Waals surface area contributed by atoms with Crippen LogP contribution in [0.2, 0.25) is 0 Å². The van der Waals surface area contributed by atoms with E-state index in [9.17, 15) is 94.6 Å². The molecule has 0 saturated carbocycles. The summed E-state index contributed by atoms with van der Waals surface area (Å²) in [5.41, 5.74) is -16.5.